The number of aromatic nitrogens is 2. The van der Waals surface area contributed by atoms with E-state index in [1.165, 1.54) is 0 Å². The summed E-state index contributed by atoms with van der Waals surface area (Å²) in [5, 5.41) is 3.31. The molecule has 0 radical (unpaired) electrons. The highest BCUT2D eigenvalue weighted by Crippen LogP contribution is 2.14. The number of hydrogen-bond acceptors (Lipinski definition) is 4. The summed E-state index contributed by atoms with van der Waals surface area (Å²) in [5.74, 6) is -0.429. The van der Waals surface area contributed by atoms with Crippen molar-refractivity contribution in [3.05, 3.63) is 98.7 Å². The monoisotopic (exact) mass is 410 g/mol. The largest absolute Gasteiger partial charge is 0.348 e. The number of amides is 1. The number of likely N-dealkylation sites (N-methyl/N-ethyl adjacent to an activating group) is 1. The van der Waals surface area contributed by atoms with Crippen molar-refractivity contribution in [2.24, 2.45) is 0 Å². The molecule has 2 heterocycles. The number of pyridine rings is 2. The van der Waals surface area contributed by atoms with E-state index in [1.807, 2.05) is 43.4 Å². The first-order chi connectivity index (χ1) is 14.0. The van der Waals surface area contributed by atoms with Crippen LogP contribution >= 0.6 is 11.6 Å². The summed E-state index contributed by atoms with van der Waals surface area (Å²) in [5.41, 5.74) is 2.25. The molecule has 0 atom stereocenters. The summed E-state index contributed by atoms with van der Waals surface area (Å²) in [6, 6.07) is 16.4. The van der Waals surface area contributed by atoms with Crippen molar-refractivity contribution in [3.8, 4) is 0 Å². The Morgan fingerprint density at radius 2 is 1.93 bits per heavy atom. The third-order valence-corrected chi connectivity index (χ3v) is 4.90. The molecule has 7 heteroatoms. The van der Waals surface area contributed by atoms with E-state index in [1.54, 1.807) is 24.4 Å². The van der Waals surface area contributed by atoms with Gasteiger partial charge < -0.3 is 15.2 Å². The molecular formula is C22H23ClN4O2. The lowest BCUT2D eigenvalue weighted by Crippen LogP contribution is -2.30. The van der Waals surface area contributed by atoms with Crippen molar-refractivity contribution in [3.63, 3.8) is 0 Å². The molecule has 0 fully saturated rings. The predicted molar refractivity (Wildman–Crippen MR) is 114 cm³/mol. The fourth-order valence-electron chi connectivity index (χ4n) is 2.92. The van der Waals surface area contributed by atoms with Gasteiger partial charge in [0, 0.05) is 48.7 Å². The molecule has 6 nitrogen and oxygen atoms in total. The number of nitrogens with zero attached hydrogens (tertiary/aromatic N) is 2. The van der Waals surface area contributed by atoms with Crippen LogP contribution in [0.1, 0.15) is 27.3 Å². The van der Waals surface area contributed by atoms with Crippen molar-refractivity contribution < 1.29 is 4.79 Å². The molecule has 0 saturated carbocycles. The third kappa shape index (κ3) is 6.01. The van der Waals surface area contributed by atoms with Crippen LogP contribution in [0.2, 0.25) is 5.02 Å². The first-order valence-electron chi connectivity index (χ1n) is 9.35. The van der Waals surface area contributed by atoms with Gasteiger partial charge in [0.05, 0.1) is 0 Å². The predicted octanol–water partition coefficient (Wildman–Crippen LogP) is 3.03. The van der Waals surface area contributed by atoms with Gasteiger partial charge in [-0.25, -0.2) is 0 Å². The average Bonchev–Trinajstić information content (AvgIpc) is 2.72. The smallest absolute Gasteiger partial charge is 0.261 e. The highest BCUT2D eigenvalue weighted by Gasteiger charge is 2.12. The Morgan fingerprint density at radius 3 is 2.66 bits per heavy atom. The van der Waals surface area contributed by atoms with Crippen LogP contribution < -0.4 is 10.9 Å². The quantitative estimate of drug-likeness (QED) is 0.598. The van der Waals surface area contributed by atoms with Crippen molar-refractivity contribution in [2.75, 3.05) is 13.6 Å². The lowest BCUT2D eigenvalue weighted by Gasteiger charge is -2.16. The standard InChI is InChI=1S/C22H23ClN4O2/c1-27(13-11-17-7-4-5-12-24-17)15-18-9-10-19(22(29)26-18)21(28)25-14-16-6-2-3-8-20(16)23/h2-10,12H,11,13-15H2,1H3,(H,25,28)(H,26,29). The van der Waals surface area contributed by atoms with E-state index in [2.05, 4.69) is 20.2 Å². The second-order valence-electron chi connectivity index (χ2n) is 6.81. The second kappa shape index (κ2) is 10.0. The SMILES string of the molecule is CN(CCc1ccccn1)Cc1ccc(C(=O)NCc2ccccc2Cl)c(=O)[nH]1. The first kappa shape index (κ1) is 20.8. The minimum atomic E-state index is -0.429. The molecule has 2 aromatic heterocycles. The number of aromatic amines is 1. The highest BCUT2D eigenvalue weighted by atomic mass is 35.5. The molecule has 0 bridgehead atoms. The van der Waals surface area contributed by atoms with E-state index < -0.39 is 11.5 Å². The molecule has 0 aliphatic carbocycles. The maximum atomic E-state index is 12.4. The van der Waals surface area contributed by atoms with E-state index in [4.69, 9.17) is 11.6 Å². The van der Waals surface area contributed by atoms with Gasteiger partial charge >= 0.3 is 0 Å². The van der Waals surface area contributed by atoms with E-state index in [0.29, 0.717) is 11.6 Å². The molecule has 3 aromatic rings. The van der Waals surface area contributed by atoms with Crippen LogP contribution in [-0.4, -0.2) is 34.4 Å². The van der Waals surface area contributed by atoms with Crippen LogP contribution in [0.5, 0.6) is 0 Å². The Hall–Kier alpha value is -2.96. The van der Waals surface area contributed by atoms with Gasteiger partial charge in [0.1, 0.15) is 5.56 Å². The molecule has 1 aromatic carbocycles. The topological polar surface area (TPSA) is 78.1 Å². The molecule has 29 heavy (non-hydrogen) atoms. The highest BCUT2D eigenvalue weighted by molar-refractivity contribution is 6.31. The summed E-state index contributed by atoms with van der Waals surface area (Å²) in [4.78, 5) is 33.9. The van der Waals surface area contributed by atoms with E-state index in [0.717, 1.165) is 29.9 Å². The summed E-state index contributed by atoms with van der Waals surface area (Å²) in [6.07, 6.45) is 2.60. The van der Waals surface area contributed by atoms with Crippen molar-refractivity contribution in [1.29, 1.82) is 0 Å². The maximum Gasteiger partial charge on any atom is 0.261 e. The number of benzene rings is 1. The van der Waals surface area contributed by atoms with Crippen molar-refractivity contribution in [2.45, 2.75) is 19.5 Å². The molecule has 1 amide bonds. The average molecular weight is 411 g/mol. The Labute approximate surface area is 174 Å². The summed E-state index contributed by atoms with van der Waals surface area (Å²) >= 11 is 6.09. The van der Waals surface area contributed by atoms with Gasteiger partial charge in [0.15, 0.2) is 0 Å². The minimum Gasteiger partial charge on any atom is -0.348 e. The van der Waals surface area contributed by atoms with Crippen LogP contribution in [0.4, 0.5) is 0 Å². The number of halogens is 1. The zero-order valence-corrected chi connectivity index (χ0v) is 16.9. The van der Waals surface area contributed by atoms with Gasteiger partial charge in [-0.1, -0.05) is 35.9 Å². The first-order valence-corrected chi connectivity index (χ1v) is 9.73. The molecule has 0 unspecified atom stereocenters. The van der Waals surface area contributed by atoms with Gasteiger partial charge in [-0.15, -0.1) is 0 Å². The van der Waals surface area contributed by atoms with Crippen LogP contribution in [0.3, 0.4) is 0 Å². The number of carbonyl (C=O) groups is 1. The van der Waals surface area contributed by atoms with Crippen LogP contribution in [0.25, 0.3) is 0 Å². The lowest BCUT2D eigenvalue weighted by atomic mass is 10.2. The van der Waals surface area contributed by atoms with Crippen LogP contribution in [-0.2, 0) is 19.5 Å². The zero-order chi connectivity index (χ0) is 20.6. The van der Waals surface area contributed by atoms with E-state index in [9.17, 15) is 9.59 Å². The number of hydrogen-bond donors (Lipinski definition) is 2. The van der Waals surface area contributed by atoms with Gasteiger partial charge in [-0.2, -0.15) is 0 Å². The molecule has 0 aliphatic heterocycles. The summed E-state index contributed by atoms with van der Waals surface area (Å²) in [6.45, 7) is 1.64. The molecular weight excluding hydrogens is 388 g/mol. The fourth-order valence-corrected chi connectivity index (χ4v) is 3.12. The maximum absolute atomic E-state index is 12.4. The number of rotatable bonds is 8. The second-order valence-corrected chi connectivity index (χ2v) is 7.22. The van der Waals surface area contributed by atoms with Gasteiger partial charge in [-0.05, 0) is 42.9 Å². The fraction of sp³-hybridized carbons (Fsp3) is 0.227. The van der Waals surface area contributed by atoms with Gasteiger partial charge in [0.2, 0.25) is 0 Å². The van der Waals surface area contributed by atoms with Crippen molar-refractivity contribution in [1.82, 2.24) is 20.2 Å². The van der Waals surface area contributed by atoms with Crippen molar-refractivity contribution >= 4 is 17.5 Å². The Bertz CT molecular complexity index is 1020. The van der Waals surface area contributed by atoms with E-state index in [-0.39, 0.29) is 12.1 Å². The molecule has 0 saturated heterocycles. The van der Waals surface area contributed by atoms with E-state index >= 15 is 0 Å². The molecule has 2 N–H and O–H groups in total. The van der Waals surface area contributed by atoms with Crippen LogP contribution in [0, 0.1) is 0 Å². The Kier molecular flexibility index (Phi) is 7.16. The molecule has 0 aliphatic rings. The Balaban J connectivity index is 1.55. The summed E-state index contributed by atoms with van der Waals surface area (Å²) < 4.78 is 0. The molecule has 0 spiro atoms. The molecule has 3 rings (SSSR count). The normalized spacial score (nSPS) is 10.9. The van der Waals surface area contributed by atoms with Crippen LogP contribution in [0.15, 0.2) is 65.6 Å². The molecule has 150 valence electrons. The number of carbonyl (C=O) groups excluding carboxylic acids is 1. The van der Waals surface area contributed by atoms with Gasteiger partial charge in [-0.3, -0.25) is 14.6 Å². The number of nitrogens with one attached hydrogen (secondary N) is 2. The zero-order valence-electron chi connectivity index (χ0n) is 16.2. The minimum absolute atomic E-state index is 0.0805. The lowest BCUT2D eigenvalue weighted by molar-refractivity contribution is 0.0949. The Morgan fingerprint density at radius 1 is 1.14 bits per heavy atom. The number of H-pyrrole nitrogens is 1. The van der Waals surface area contributed by atoms with Gasteiger partial charge in [0.25, 0.3) is 11.5 Å². The summed E-state index contributed by atoms with van der Waals surface area (Å²) in [7, 11) is 1.98. The third-order valence-electron chi connectivity index (χ3n) is 4.53.